The van der Waals surface area contributed by atoms with Crippen LogP contribution in [-0.4, -0.2) is 48.7 Å². The summed E-state index contributed by atoms with van der Waals surface area (Å²) in [5, 5.41) is 0. The summed E-state index contributed by atoms with van der Waals surface area (Å²) in [6, 6.07) is 0. The highest BCUT2D eigenvalue weighted by Crippen LogP contribution is 2.71. The van der Waals surface area contributed by atoms with Crippen LogP contribution in [0.3, 0.4) is 0 Å². The molecule has 2 bridgehead atoms. The maximum Gasteiger partial charge on any atom is 0.331 e. The van der Waals surface area contributed by atoms with Gasteiger partial charge in [-0.25, -0.2) is 4.79 Å². The first-order valence-electron chi connectivity index (χ1n) is 10.5. The molecule has 0 N–H and O–H groups in total. The van der Waals surface area contributed by atoms with Crippen molar-refractivity contribution in [1.29, 1.82) is 0 Å². The third-order valence-electron chi connectivity index (χ3n) is 8.19. The summed E-state index contributed by atoms with van der Waals surface area (Å²) in [5.74, 6) is -0.299. The summed E-state index contributed by atoms with van der Waals surface area (Å²) in [7, 11) is 0. The van der Waals surface area contributed by atoms with Crippen molar-refractivity contribution >= 4 is 5.97 Å². The average Bonchev–Trinajstić information content (AvgIpc) is 3.55. The Kier molecular flexibility index (Phi) is 4.01. The van der Waals surface area contributed by atoms with Crippen LogP contribution < -0.4 is 0 Å². The molecule has 3 saturated heterocycles. The van der Waals surface area contributed by atoms with E-state index in [2.05, 4.69) is 26.8 Å². The zero-order chi connectivity index (χ0) is 19.7. The molecule has 0 aromatic heterocycles. The van der Waals surface area contributed by atoms with Crippen molar-refractivity contribution in [3.63, 3.8) is 0 Å². The SMILES string of the molecule is CC1=CC2OC3CC(OC(=O)C=CC=CC4OC4C)C(C)(C2(C)CC1)C31CO1. The van der Waals surface area contributed by atoms with E-state index in [0.29, 0.717) is 13.0 Å². The van der Waals surface area contributed by atoms with E-state index in [1.807, 2.05) is 19.1 Å². The number of esters is 1. The van der Waals surface area contributed by atoms with Gasteiger partial charge in [0.15, 0.2) is 0 Å². The van der Waals surface area contributed by atoms with Gasteiger partial charge in [0.1, 0.15) is 17.8 Å². The summed E-state index contributed by atoms with van der Waals surface area (Å²) in [6.07, 6.45) is 12.4. The van der Waals surface area contributed by atoms with E-state index >= 15 is 0 Å². The van der Waals surface area contributed by atoms with E-state index in [4.69, 9.17) is 18.9 Å². The summed E-state index contributed by atoms with van der Waals surface area (Å²) < 4.78 is 23.9. The molecule has 28 heavy (non-hydrogen) atoms. The predicted molar refractivity (Wildman–Crippen MR) is 104 cm³/mol. The van der Waals surface area contributed by atoms with Crippen LogP contribution in [0.25, 0.3) is 0 Å². The molecule has 152 valence electrons. The number of allylic oxidation sites excluding steroid dienone is 3. The third kappa shape index (κ3) is 2.45. The van der Waals surface area contributed by atoms with E-state index in [1.54, 1.807) is 6.08 Å². The molecule has 1 spiro atoms. The van der Waals surface area contributed by atoms with Gasteiger partial charge >= 0.3 is 5.97 Å². The molecule has 5 nitrogen and oxygen atoms in total. The number of hydrogen-bond donors (Lipinski definition) is 0. The zero-order valence-electron chi connectivity index (χ0n) is 17.1. The van der Waals surface area contributed by atoms with Gasteiger partial charge in [0, 0.05) is 23.3 Å². The van der Waals surface area contributed by atoms with Crippen molar-refractivity contribution in [2.75, 3.05) is 6.61 Å². The number of carbonyl (C=O) groups is 1. The molecule has 5 rings (SSSR count). The fourth-order valence-corrected chi connectivity index (χ4v) is 5.91. The Bertz CT molecular complexity index is 778. The molecule has 5 heteroatoms. The summed E-state index contributed by atoms with van der Waals surface area (Å²) in [5.41, 5.74) is 0.729. The predicted octanol–water partition coefficient (Wildman–Crippen LogP) is 3.49. The van der Waals surface area contributed by atoms with Crippen molar-refractivity contribution in [3.05, 3.63) is 36.0 Å². The first-order chi connectivity index (χ1) is 13.3. The second-order valence-electron chi connectivity index (χ2n) is 9.57. The number of fused-ring (bicyclic) bond motifs is 2. The van der Waals surface area contributed by atoms with Crippen molar-refractivity contribution in [3.8, 4) is 0 Å². The Morgan fingerprint density at radius 1 is 1.29 bits per heavy atom. The lowest BCUT2D eigenvalue weighted by Crippen LogP contribution is -2.63. The molecule has 2 aliphatic carbocycles. The molecule has 0 amide bonds. The number of hydrogen-bond acceptors (Lipinski definition) is 5. The smallest absolute Gasteiger partial charge is 0.331 e. The van der Waals surface area contributed by atoms with Gasteiger partial charge in [0.05, 0.1) is 24.9 Å². The molecule has 0 radical (unpaired) electrons. The first-order valence-corrected chi connectivity index (χ1v) is 10.5. The van der Waals surface area contributed by atoms with Gasteiger partial charge in [-0.05, 0) is 26.7 Å². The second kappa shape index (κ2) is 6.04. The Morgan fingerprint density at radius 2 is 2.04 bits per heavy atom. The monoisotopic (exact) mass is 386 g/mol. The third-order valence-corrected chi connectivity index (χ3v) is 8.19. The maximum atomic E-state index is 12.5. The van der Waals surface area contributed by atoms with Gasteiger partial charge in [-0.2, -0.15) is 0 Å². The standard InChI is InChI=1S/C23H30O5/c1-14-9-10-21(3)17(11-14)27-19-12-18(22(21,4)23(19)13-25-23)28-20(24)8-6-5-7-16-15(2)26-16/h5-8,11,15-19H,9-10,12-13H2,1-4H3. The molecule has 0 aromatic rings. The van der Waals surface area contributed by atoms with Gasteiger partial charge in [0.25, 0.3) is 0 Å². The van der Waals surface area contributed by atoms with Crippen LogP contribution in [0.15, 0.2) is 36.0 Å². The highest BCUT2D eigenvalue weighted by molar-refractivity contribution is 5.82. The number of epoxide rings is 2. The first kappa shape index (κ1) is 18.6. The fraction of sp³-hybridized carbons (Fsp3) is 0.696. The van der Waals surface area contributed by atoms with Crippen molar-refractivity contribution in [2.45, 2.75) is 83.1 Å². The Balaban J connectivity index is 1.35. The van der Waals surface area contributed by atoms with Crippen LogP contribution in [0.2, 0.25) is 0 Å². The molecule has 4 fully saturated rings. The minimum absolute atomic E-state index is 0.00657. The number of rotatable bonds is 4. The Labute approximate surface area is 166 Å². The van der Waals surface area contributed by atoms with E-state index < -0.39 is 0 Å². The van der Waals surface area contributed by atoms with Crippen LogP contribution in [0.4, 0.5) is 0 Å². The van der Waals surface area contributed by atoms with Gasteiger partial charge in [-0.3, -0.25) is 0 Å². The molecular formula is C23H30O5. The van der Waals surface area contributed by atoms with E-state index in [9.17, 15) is 4.79 Å². The lowest BCUT2D eigenvalue weighted by molar-refractivity contribution is -0.209. The molecule has 5 aliphatic rings. The van der Waals surface area contributed by atoms with E-state index in [0.717, 1.165) is 12.8 Å². The number of carbonyl (C=O) groups excluding carboxylic acids is 1. The second-order valence-corrected chi connectivity index (χ2v) is 9.57. The normalized spacial score (nSPS) is 51.4. The van der Waals surface area contributed by atoms with Crippen molar-refractivity contribution < 1.29 is 23.7 Å². The highest BCUT2D eigenvalue weighted by Gasteiger charge is 2.81. The van der Waals surface area contributed by atoms with Crippen LogP contribution in [0.1, 0.15) is 47.0 Å². The lowest BCUT2D eigenvalue weighted by Gasteiger charge is -2.57. The fourth-order valence-electron chi connectivity index (χ4n) is 5.91. The van der Waals surface area contributed by atoms with E-state index in [1.165, 1.54) is 11.6 Å². The number of ether oxygens (including phenoxy) is 4. The molecule has 3 heterocycles. The lowest BCUT2D eigenvalue weighted by atomic mass is 9.52. The molecule has 0 aromatic carbocycles. The Morgan fingerprint density at radius 3 is 2.71 bits per heavy atom. The molecule has 3 aliphatic heterocycles. The van der Waals surface area contributed by atoms with Crippen LogP contribution in [0, 0.1) is 10.8 Å². The topological polar surface area (TPSA) is 60.6 Å². The summed E-state index contributed by atoms with van der Waals surface area (Å²) >= 11 is 0. The van der Waals surface area contributed by atoms with Crippen molar-refractivity contribution in [2.24, 2.45) is 10.8 Å². The molecule has 1 saturated carbocycles. The summed E-state index contributed by atoms with van der Waals surface area (Å²) in [6.45, 7) is 9.46. The minimum atomic E-state index is -0.300. The maximum absolute atomic E-state index is 12.5. The molecule has 8 atom stereocenters. The van der Waals surface area contributed by atoms with Gasteiger partial charge in [-0.1, -0.05) is 43.7 Å². The quantitative estimate of drug-likeness (QED) is 0.243. The van der Waals surface area contributed by atoms with Gasteiger partial charge < -0.3 is 18.9 Å². The Hall–Kier alpha value is -1.43. The minimum Gasteiger partial charge on any atom is -0.458 e. The van der Waals surface area contributed by atoms with Crippen LogP contribution in [-0.2, 0) is 23.7 Å². The van der Waals surface area contributed by atoms with Gasteiger partial charge in [0.2, 0.25) is 0 Å². The summed E-state index contributed by atoms with van der Waals surface area (Å²) in [4.78, 5) is 12.5. The average molecular weight is 386 g/mol. The van der Waals surface area contributed by atoms with Gasteiger partial charge in [-0.15, -0.1) is 0 Å². The zero-order valence-corrected chi connectivity index (χ0v) is 17.1. The van der Waals surface area contributed by atoms with Crippen LogP contribution >= 0.6 is 0 Å². The molecular weight excluding hydrogens is 356 g/mol. The highest BCUT2D eigenvalue weighted by atomic mass is 16.6. The van der Waals surface area contributed by atoms with Crippen LogP contribution in [0.5, 0.6) is 0 Å². The van der Waals surface area contributed by atoms with Crippen molar-refractivity contribution in [1.82, 2.24) is 0 Å². The molecule has 8 unspecified atom stereocenters. The van der Waals surface area contributed by atoms with E-state index in [-0.39, 0.29) is 52.9 Å². The largest absolute Gasteiger partial charge is 0.458 e.